The number of carbonyl (C=O) groups is 1. The summed E-state index contributed by atoms with van der Waals surface area (Å²) in [5, 5.41) is 3.18. The summed E-state index contributed by atoms with van der Waals surface area (Å²) in [5.41, 5.74) is 0.594. The summed E-state index contributed by atoms with van der Waals surface area (Å²) in [6, 6.07) is 12.4. The molecule has 134 valence electrons. The quantitative estimate of drug-likeness (QED) is 0.916. The van der Waals surface area contributed by atoms with Gasteiger partial charge >= 0.3 is 0 Å². The van der Waals surface area contributed by atoms with Gasteiger partial charge in [0.2, 0.25) is 5.91 Å². The summed E-state index contributed by atoms with van der Waals surface area (Å²) in [4.78, 5) is 13.2. The van der Waals surface area contributed by atoms with E-state index in [0.717, 1.165) is 25.9 Å². The standard InChI is InChI=1S/C12H8F2.C8H16N2O/c13-11-7-3-1-5-9(11)10-6-2-4-8-12(10)14;1-3-10(2)8(11)7-5-4-6-9-7/h1-8H;7,9H,3-6H2,1-2H3/t;7-/m.0/s1. The average molecular weight is 346 g/mol. The molecule has 1 fully saturated rings. The fourth-order valence-corrected chi connectivity index (χ4v) is 2.68. The van der Waals surface area contributed by atoms with Gasteiger partial charge in [0.15, 0.2) is 0 Å². The molecular formula is C20H24F2N2O. The summed E-state index contributed by atoms with van der Waals surface area (Å²) in [5.74, 6) is -0.569. The van der Waals surface area contributed by atoms with Gasteiger partial charge in [-0.25, -0.2) is 8.78 Å². The number of amides is 1. The van der Waals surface area contributed by atoms with Crippen molar-refractivity contribution in [1.82, 2.24) is 10.2 Å². The maximum atomic E-state index is 13.3. The van der Waals surface area contributed by atoms with Gasteiger partial charge < -0.3 is 10.2 Å². The maximum absolute atomic E-state index is 13.3. The molecule has 1 amide bonds. The Hall–Kier alpha value is -2.27. The molecule has 2 aromatic carbocycles. The van der Waals surface area contributed by atoms with Crippen LogP contribution >= 0.6 is 0 Å². The summed E-state index contributed by atoms with van der Waals surface area (Å²) in [6.45, 7) is 3.79. The summed E-state index contributed by atoms with van der Waals surface area (Å²) >= 11 is 0. The molecular weight excluding hydrogens is 322 g/mol. The number of nitrogens with zero attached hydrogens (tertiary/aromatic N) is 1. The van der Waals surface area contributed by atoms with Gasteiger partial charge in [0.25, 0.3) is 0 Å². The highest BCUT2D eigenvalue weighted by atomic mass is 19.1. The van der Waals surface area contributed by atoms with Crippen LogP contribution in [0.2, 0.25) is 0 Å². The van der Waals surface area contributed by atoms with Crippen LogP contribution in [-0.4, -0.2) is 37.0 Å². The van der Waals surface area contributed by atoms with Crippen LogP contribution in [0.3, 0.4) is 0 Å². The fraction of sp³-hybridized carbons (Fsp3) is 0.350. The number of rotatable bonds is 3. The van der Waals surface area contributed by atoms with E-state index in [1.54, 1.807) is 41.3 Å². The van der Waals surface area contributed by atoms with Crippen molar-refractivity contribution in [1.29, 1.82) is 0 Å². The number of benzene rings is 2. The molecule has 0 aliphatic carbocycles. The van der Waals surface area contributed by atoms with Crippen molar-refractivity contribution >= 4 is 5.91 Å². The lowest BCUT2D eigenvalue weighted by molar-refractivity contribution is -0.131. The van der Waals surface area contributed by atoms with Gasteiger partial charge in [-0.05, 0) is 38.4 Å². The number of hydrogen-bond acceptors (Lipinski definition) is 2. The summed E-state index contributed by atoms with van der Waals surface area (Å²) in [6.07, 6.45) is 2.14. The summed E-state index contributed by atoms with van der Waals surface area (Å²) in [7, 11) is 1.85. The second kappa shape index (κ2) is 9.28. The Morgan fingerprint density at radius 3 is 2.00 bits per heavy atom. The Labute approximate surface area is 147 Å². The Morgan fingerprint density at radius 1 is 1.08 bits per heavy atom. The highest BCUT2D eigenvalue weighted by Crippen LogP contribution is 2.24. The molecule has 1 atom stereocenters. The van der Waals surface area contributed by atoms with Crippen LogP contribution in [0, 0.1) is 11.6 Å². The molecule has 3 nitrogen and oxygen atoms in total. The number of hydrogen-bond donors (Lipinski definition) is 1. The number of carbonyl (C=O) groups excluding carboxylic acids is 1. The first-order chi connectivity index (χ1) is 12.0. The van der Waals surface area contributed by atoms with Gasteiger partial charge in [-0.1, -0.05) is 36.4 Å². The van der Waals surface area contributed by atoms with Crippen LogP contribution < -0.4 is 5.32 Å². The molecule has 1 aliphatic heterocycles. The van der Waals surface area contributed by atoms with Crippen LogP contribution in [0.15, 0.2) is 48.5 Å². The second-order valence-corrected chi connectivity index (χ2v) is 5.96. The molecule has 0 aromatic heterocycles. The van der Waals surface area contributed by atoms with E-state index in [-0.39, 0.29) is 11.9 Å². The third-order valence-corrected chi connectivity index (χ3v) is 4.25. The van der Waals surface area contributed by atoms with E-state index in [2.05, 4.69) is 5.32 Å². The second-order valence-electron chi connectivity index (χ2n) is 5.96. The van der Waals surface area contributed by atoms with Crippen molar-refractivity contribution in [2.24, 2.45) is 0 Å². The van der Waals surface area contributed by atoms with Crippen molar-refractivity contribution in [3.8, 4) is 11.1 Å². The van der Waals surface area contributed by atoms with Gasteiger partial charge in [-0.15, -0.1) is 0 Å². The van der Waals surface area contributed by atoms with E-state index >= 15 is 0 Å². The highest BCUT2D eigenvalue weighted by molar-refractivity contribution is 5.81. The van der Waals surface area contributed by atoms with Crippen molar-refractivity contribution in [3.63, 3.8) is 0 Å². The largest absolute Gasteiger partial charge is 0.345 e. The predicted octanol–water partition coefficient (Wildman–Crippen LogP) is 3.85. The first-order valence-corrected chi connectivity index (χ1v) is 8.52. The minimum absolute atomic E-state index is 0.0972. The van der Waals surface area contributed by atoms with Gasteiger partial charge in [-0.2, -0.15) is 0 Å². The van der Waals surface area contributed by atoms with Crippen molar-refractivity contribution in [2.45, 2.75) is 25.8 Å². The van der Waals surface area contributed by atoms with Crippen molar-refractivity contribution in [2.75, 3.05) is 20.1 Å². The van der Waals surface area contributed by atoms with E-state index in [4.69, 9.17) is 0 Å². The van der Waals surface area contributed by atoms with Crippen LogP contribution in [0.25, 0.3) is 11.1 Å². The number of nitrogens with one attached hydrogen (secondary N) is 1. The predicted molar refractivity (Wildman–Crippen MR) is 96.1 cm³/mol. The summed E-state index contributed by atoms with van der Waals surface area (Å²) < 4.78 is 26.6. The zero-order valence-corrected chi connectivity index (χ0v) is 14.6. The molecule has 0 spiro atoms. The smallest absolute Gasteiger partial charge is 0.239 e. The van der Waals surface area contributed by atoms with Crippen LogP contribution in [-0.2, 0) is 4.79 Å². The topological polar surface area (TPSA) is 32.3 Å². The molecule has 1 aliphatic rings. The van der Waals surface area contributed by atoms with Crippen molar-refractivity contribution in [3.05, 3.63) is 60.2 Å². The monoisotopic (exact) mass is 346 g/mol. The first-order valence-electron chi connectivity index (χ1n) is 8.52. The number of halogens is 2. The minimum Gasteiger partial charge on any atom is -0.345 e. The molecule has 1 heterocycles. The van der Waals surface area contributed by atoms with Crippen molar-refractivity contribution < 1.29 is 13.6 Å². The SMILES string of the molecule is CCN(C)C(=O)[C@@H]1CCCN1.Fc1ccccc1-c1ccccc1F. The lowest BCUT2D eigenvalue weighted by atomic mass is 10.0. The lowest BCUT2D eigenvalue weighted by Crippen LogP contribution is -2.41. The minimum atomic E-state index is -0.405. The zero-order chi connectivity index (χ0) is 18.2. The molecule has 0 saturated carbocycles. The Balaban J connectivity index is 0.000000186. The molecule has 1 N–H and O–H groups in total. The average Bonchev–Trinajstić information content (AvgIpc) is 3.17. The molecule has 0 unspecified atom stereocenters. The fourth-order valence-electron chi connectivity index (χ4n) is 2.68. The highest BCUT2D eigenvalue weighted by Gasteiger charge is 2.23. The zero-order valence-electron chi connectivity index (χ0n) is 14.6. The van der Waals surface area contributed by atoms with E-state index in [1.165, 1.54) is 12.1 Å². The first kappa shape index (κ1) is 19.1. The molecule has 2 aromatic rings. The van der Waals surface area contributed by atoms with Gasteiger partial charge in [-0.3, -0.25) is 4.79 Å². The van der Waals surface area contributed by atoms with E-state index in [0.29, 0.717) is 11.1 Å². The maximum Gasteiger partial charge on any atom is 0.239 e. The number of likely N-dealkylation sites (N-methyl/N-ethyl adjacent to an activating group) is 1. The molecule has 0 bridgehead atoms. The van der Waals surface area contributed by atoms with Gasteiger partial charge in [0.1, 0.15) is 11.6 Å². The molecule has 0 radical (unpaired) electrons. The Kier molecular flexibility index (Phi) is 7.07. The third-order valence-electron chi connectivity index (χ3n) is 4.25. The Morgan fingerprint density at radius 2 is 1.60 bits per heavy atom. The Bertz CT molecular complexity index is 656. The van der Waals surface area contributed by atoms with E-state index in [9.17, 15) is 13.6 Å². The third kappa shape index (κ3) is 5.10. The van der Waals surface area contributed by atoms with E-state index < -0.39 is 11.6 Å². The molecule has 25 heavy (non-hydrogen) atoms. The molecule has 5 heteroatoms. The normalized spacial score (nSPS) is 16.1. The van der Waals surface area contributed by atoms with Crippen LogP contribution in [0.4, 0.5) is 8.78 Å². The lowest BCUT2D eigenvalue weighted by Gasteiger charge is -2.18. The molecule has 1 saturated heterocycles. The van der Waals surface area contributed by atoms with Crippen LogP contribution in [0.1, 0.15) is 19.8 Å². The van der Waals surface area contributed by atoms with Gasteiger partial charge in [0, 0.05) is 24.7 Å². The van der Waals surface area contributed by atoms with Crippen LogP contribution in [0.5, 0.6) is 0 Å². The van der Waals surface area contributed by atoms with E-state index in [1.807, 2.05) is 14.0 Å². The molecule has 3 rings (SSSR count). The van der Waals surface area contributed by atoms with Gasteiger partial charge in [0.05, 0.1) is 6.04 Å².